The SMILES string of the molecule is N#Cc1ccccc1NC(=O)C(=O)NCC(O)c1csc2ccccc12. The lowest BCUT2D eigenvalue weighted by Crippen LogP contribution is -2.37. The van der Waals surface area contributed by atoms with Gasteiger partial charge in [-0.3, -0.25) is 9.59 Å². The van der Waals surface area contributed by atoms with Crippen LogP contribution in [0.15, 0.2) is 53.9 Å². The summed E-state index contributed by atoms with van der Waals surface area (Å²) in [6, 6.07) is 16.0. The fourth-order valence-electron chi connectivity index (χ4n) is 2.50. The zero-order valence-corrected chi connectivity index (χ0v) is 14.4. The second-order valence-electron chi connectivity index (χ2n) is 5.52. The van der Waals surface area contributed by atoms with Crippen molar-refractivity contribution in [1.29, 1.82) is 5.26 Å². The van der Waals surface area contributed by atoms with Crippen molar-refractivity contribution in [3.8, 4) is 6.07 Å². The standard InChI is InChI=1S/C19H15N3O3S/c20-9-12-5-1-3-7-15(12)22-19(25)18(24)21-10-16(23)14-11-26-17-8-4-2-6-13(14)17/h1-8,11,16,23H,10H2,(H,21,24)(H,22,25). The zero-order valence-electron chi connectivity index (χ0n) is 13.6. The van der Waals surface area contributed by atoms with Crippen LogP contribution >= 0.6 is 11.3 Å². The highest BCUT2D eigenvalue weighted by Crippen LogP contribution is 2.29. The minimum Gasteiger partial charge on any atom is -0.387 e. The van der Waals surface area contributed by atoms with Gasteiger partial charge < -0.3 is 15.7 Å². The summed E-state index contributed by atoms with van der Waals surface area (Å²) in [5, 5.41) is 26.9. The number of hydrogen-bond donors (Lipinski definition) is 3. The summed E-state index contributed by atoms with van der Waals surface area (Å²) in [5.41, 5.74) is 1.24. The molecule has 0 spiro atoms. The summed E-state index contributed by atoms with van der Waals surface area (Å²) in [7, 11) is 0. The van der Waals surface area contributed by atoms with Gasteiger partial charge in [-0.1, -0.05) is 30.3 Å². The third-order valence-electron chi connectivity index (χ3n) is 3.83. The molecule has 6 nitrogen and oxygen atoms in total. The normalized spacial score (nSPS) is 11.5. The summed E-state index contributed by atoms with van der Waals surface area (Å²) in [6.07, 6.45) is -0.922. The Morgan fingerprint density at radius 3 is 2.65 bits per heavy atom. The largest absolute Gasteiger partial charge is 0.387 e. The molecule has 0 fully saturated rings. The number of nitrogens with zero attached hydrogens (tertiary/aromatic N) is 1. The summed E-state index contributed by atoms with van der Waals surface area (Å²) in [6.45, 7) is -0.0904. The summed E-state index contributed by atoms with van der Waals surface area (Å²) >= 11 is 1.51. The Morgan fingerprint density at radius 1 is 1.12 bits per heavy atom. The molecule has 0 bridgehead atoms. The van der Waals surface area contributed by atoms with Crippen LogP contribution in [0.1, 0.15) is 17.2 Å². The highest BCUT2D eigenvalue weighted by atomic mass is 32.1. The first kappa shape index (κ1) is 17.6. The number of nitrogens with one attached hydrogen (secondary N) is 2. The molecule has 0 radical (unpaired) electrons. The number of thiophene rings is 1. The second kappa shape index (κ2) is 7.78. The second-order valence-corrected chi connectivity index (χ2v) is 6.44. The number of para-hydroxylation sites is 1. The van der Waals surface area contributed by atoms with Crippen LogP contribution < -0.4 is 10.6 Å². The van der Waals surface area contributed by atoms with Gasteiger partial charge in [0, 0.05) is 16.8 Å². The molecule has 0 saturated carbocycles. The number of amides is 2. The highest BCUT2D eigenvalue weighted by molar-refractivity contribution is 7.17. The van der Waals surface area contributed by atoms with Crippen LogP contribution in [0.2, 0.25) is 0 Å². The van der Waals surface area contributed by atoms with Crippen LogP contribution in [0.3, 0.4) is 0 Å². The molecule has 0 saturated heterocycles. The number of aliphatic hydroxyl groups is 1. The first-order valence-corrected chi connectivity index (χ1v) is 8.70. The number of anilines is 1. The van der Waals surface area contributed by atoms with Gasteiger partial charge in [0.25, 0.3) is 0 Å². The van der Waals surface area contributed by atoms with Gasteiger partial charge in [0.2, 0.25) is 0 Å². The van der Waals surface area contributed by atoms with Crippen molar-refractivity contribution in [2.24, 2.45) is 0 Å². The number of carbonyl (C=O) groups excluding carboxylic acids is 2. The molecule has 3 N–H and O–H groups in total. The molecule has 1 aromatic heterocycles. The van der Waals surface area contributed by atoms with E-state index in [0.717, 1.165) is 10.1 Å². The van der Waals surface area contributed by atoms with Crippen LogP contribution in [0, 0.1) is 11.3 Å². The van der Waals surface area contributed by atoms with Crippen molar-refractivity contribution < 1.29 is 14.7 Å². The van der Waals surface area contributed by atoms with E-state index in [0.29, 0.717) is 5.56 Å². The van der Waals surface area contributed by atoms with E-state index in [1.54, 1.807) is 18.2 Å². The molecule has 26 heavy (non-hydrogen) atoms. The number of carbonyl (C=O) groups is 2. The summed E-state index contributed by atoms with van der Waals surface area (Å²) in [4.78, 5) is 23.9. The maximum Gasteiger partial charge on any atom is 0.313 e. The third-order valence-corrected chi connectivity index (χ3v) is 4.81. The molecule has 0 aliphatic heterocycles. The number of nitriles is 1. The lowest BCUT2D eigenvalue weighted by molar-refractivity contribution is -0.136. The molecular formula is C19H15N3O3S. The molecule has 0 aliphatic rings. The lowest BCUT2D eigenvalue weighted by Gasteiger charge is -2.12. The first-order chi connectivity index (χ1) is 12.6. The van der Waals surface area contributed by atoms with Gasteiger partial charge >= 0.3 is 11.8 Å². The Labute approximate surface area is 153 Å². The predicted molar refractivity (Wildman–Crippen MR) is 99.6 cm³/mol. The Balaban J connectivity index is 1.61. The molecule has 130 valence electrons. The molecule has 1 heterocycles. The number of benzene rings is 2. The topological polar surface area (TPSA) is 102 Å². The quantitative estimate of drug-likeness (QED) is 0.618. The number of aliphatic hydroxyl groups excluding tert-OH is 1. The van der Waals surface area contributed by atoms with Crippen molar-refractivity contribution in [2.45, 2.75) is 6.10 Å². The van der Waals surface area contributed by atoms with E-state index in [1.165, 1.54) is 17.4 Å². The van der Waals surface area contributed by atoms with Gasteiger partial charge in [-0.2, -0.15) is 5.26 Å². The number of rotatable bonds is 4. The Hall–Kier alpha value is -3.21. The van der Waals surface area contributed by atoms with Crippen molar-refractivity contribution in [1.82, 2.24) is 5.32 Å². The van der Waals surface area contributed by atoms with Crippen molar-refractivity contribution in [3.05, 3.63) is 65.0 Å². The van der Waals surface area contributed by atoms with Crippen LogP contribution in [-0.4, -0.2) is 23.5 Å². The molecule has 3 aromatic rings. The molecular weight excluding hydrogens is 350 g/mol. The lowest BCUT2D eigenvalue weighted by atomic mass is 10.1. The van der Waals surface area contributed by atoms with E-state index in [1.807, 2.05) is 35.7 Å². The maximum atomic E-state index is 12.0. The Kier molecular flexibility index (Phi) is 5.27. The van der Waals surface area contributed by atoms with Gasteiger partial charge in [0.15, 0.2) is 0 Å². The summed E-state index contributed by atoms with van der Waals surface area (Å²) in [5.74, 6) is -1.77. The molecule has 0 aliphatic carbocycles. The average molecular weight is 365 g/mol. The first-order valence-electron chi connectivity index (χ1n) is 7.82. The van der Waals surface area contributed by atoms with E-state index < -0.39 is 17.9 Å². The Morgan fingerprint density at radius 2 is 1.85 bits per heavy atom. The minimum absolute atomic E-state index is 0.0904. The van der Waals surface area contributed by atoms with Crippen LogP contribution in [0.25, 0.3) is 10.1 Å². The van der Waals surface area contributed by atoms with Crippen molar-refractivity contribution in [2.75, 3.05) is 11.9 Å². The van der Waals surface area contributed by atoms with Gasteiger partial charge in [-0.15, -0.1) is 11.3 Å². The molecule has 2 amide bonds. The minimum atomic E-state index is -0.922. The molecule has 7 heteroatoms. The fraction of sp³-hybridized carbons (Fsp3) is 0.105. The van der Waals surface area contributed by atoms with Crippen LogP contribution in [0.5, 0.6) is 0 Å². The zero-order chi connectivity index (χ0) is 18.5. The van der Waals surface area contributed by atoms with Gasteiger partial charge in [-0.25, -0.2) is 0 Å². The Bertz CT molecular complexity index is 1010. The van der Waals surface area contributed by atoms with E-state index in [4.69, 9.17) is 5.26 Å². The molecule has 1 atom stereocenters. The van der Waals surface area contributed by atoms with Crippen LogP contribution in [0.4, 0.5) is 5.69 Å². The highest BCUT2D eigenvalue weighted by Gasteiger charge is 2.18. The molecule has 3 rings (SSSR count). The number of fused-ring (bicyclic) bond motifs is 1. The predicted octanol–water partition coefficient (Wildman–Crippen LogP) is 2.56. The van der Waals surface area contributed by atoms with Crippen molar-refractivity contribution >= 4 is 38.9 Å². The maximum absolute atomic E-state index is 12.0. The van der Waals surface area contributed by atoms with E-state index in [-0.39, 0.29) is 17.8 Å². The van der Waals surface area contributed by atoms with E-state index >= 15 is 0 Å². The van der Waals surface area contributed by atoms with E-state index in [2.05, 4.69) is 10.6 Å². The fourth-order valence-corrected chi connectivity index (χ4v) is 3.51. The number of hydrogen-bond acceptors (Lipinski definition) is 5. The van der Waals surface area contributed by atoms with Crippen LogP contribution in [-0.2, 0) is 9.59 Å². The van der Waals surface area contributed by atoms with Crippen molar-refractivity contribution in [3.63, 3.8) is 0 Å². The molecule has 1 unspecified atom stereocenters. The van der Waals surface area contributed by atoms with Gasteiger partial charge in [0.1, 0.15) is 6.07 Å². The van der Waals surface area contributed by atoms with Gasteiger partial charge in [-0.05, 0) is 29.0 Å². The average Bonchev–Trinajstić information content (AvgIpc) is 3.10. The van der Waals surface area contributed by atoms with E-state index in [9.17, 15) is 14.7 Å². The molecule has 2 aromatic carbocycles. The smallest absolute Gasteiger partial charge is 0.313 e. The van der Waals surface area contributed by atoms with Gasteiger partial charge in [0.05, 0.1) is 17.4 Å². The third kappa shape index (κ3) is 3.72. The monoisotopic (exact) mass is 365 g/mol. The summed E-state index contributed by atoms with van der Waals surface area (Å²) < 4.78 is 1.04.